The van der Waals surface area contributed by atoms with Gasteiger partial charge in [-0.1, -0.05) is 0 Å². The molecule has 0 unspecified atom stereocenters. The van der Waals surface area contributed by atoms with Crippen molar-refractivity contribution in [2.45, 2.75) is 0 Å². The number of urea groups is 1. The summed E-state index contributed by atoms with van der Waals surface area (Å²) in [6, 6.07) is 1.99. The Balaban J connectivity index is 2.37. The molecule has 1 heterocycles. The zero-order valence-corrected chi connectivity index (χ0v) is 7.46. The maximum absolute atomic E-state index is 12.8. The smallest absolute Gasteiger partial charge is 0.285 e. The number of carbonyl (C=O) groups excluding carboxylic acids is 2. The molecule has 1 aromatic carbocycles. The van der Waals surface area contributed by atoms with Crippen molar-refractivity contribution in [2.75, 3.05) is 11.4 Å². The normalized spacial score (nSPS) is 15.7. The predicted molar refractivity (Wildman–Crippen MR) is 47.2 cm³/mol. The third kappa shape index (κ3) is 1.78. The van der Waals surface area contributed by atoms with Crippen molar-refractivity contribution in [3.8, 4) is 0 Å². The van der Waals surface area contributed by atoms with E-state index in [1.807, 2.05) is 5.32 Å². The monoisotopic (exact) mass is 212 g/mol. The average molecular weight is 212 g/mol. The van der Waals surface area contributed by atoms with Gasteiger partial charge in [0.25, 0.3) is 0 Å². The van der Waals surface area contributed by atoms with Crippen LogP contribution < -0.4 is 10.2 Å². The van der Waals surface area contributed by atoms with Crippen molar-refractivity contribution in [3.63, 3.8) is 0 Å². The maximum atomic E-state index is 12.8. The van der Waals surface area contributed by atoms with Gasteiger partial charge in [0, 0.05) is 6.07 Å². The van der Waals surface area contributed by atoms with Gasteiger partial charge in [0.15, 0.2) is 0 Å². The Morgan fingerprint density at radius 1 is 1.13 bits per heavy atom. The van der Waals surface area contributed by atoms with Crippen molar-refractivity contribution < 1.29 is 18.4 Å². The highest BCUT2D eigenvalue weighted by Gasteiger charge is 2.28. The van der Waals surface area contributed by atoms with Crippen LogP contribution in [-0.4, -0.2) is 18.5 Å². The molecule has 1 aliphatic rings. The van der Waals surface area contributed by atoms with Gasteiger partial charge < -0.3 is 0 Å². The summed E-state index contributed by atoms with van der Waals surface area (Å²) in [6.07, 6.45) is 0. The van der Waals surface area contributed by atoms with Crippen LogP contribution in [0.3, 0.4) is 0 Å². The van der Waals surface area contributed by atoms with E-state index >= 15 is 0 Å². The number of hydrogen-bond donors (Lipinski definition) is 1. The lowest BCUT2D eigenvalue weighted by Crippen LogP contribution is -2.28. The number of carbonyl (C=O) groups is 2. The minimum absolute atomic E-state index is 0.0239. The lowest BCUT2D eigenvalue weighted by molar-refractivity contribution is -0.117. The molecule has 78 valence electrons. The first-order chi connectivity index (χ1) is 7.06. The molecular formula is C9H6F2N2O2. The Kier molecular flexibility index (Phi) is 2.11. The number of amides is 3. The molecule has 0 aromatic heterocycles. The van der Waals surface area contributed by atoms with E-state index in [0.717, 1.165) is 17.0 Å². The van der Waals surface area contributed by atoms with Crippen molar-refractivity contribution in [3.05, 3.63) is 29.8 Å². The Bertz CT molecular complexity index is 427. The summed E-state index contributed by atoms with van der Waals surface area (Å²) < 4.78 is 25.6. The van der Waals surface area contributed by atoms with Gasteiger partial charge in [0.05, 0.1) is 5.69 Å². The number of anilines is 1. The molecule has 0 atom stereocenters. The van der Waals surface area contributed by atoms with Crippen LogP contribution in [0.2, 0.25) is 0 Å². The van der Waals surface area contributed by atoms with E-state index < -0.39 is 23.6 Å². The van der Waals surface area contributed by atoms with Gasteiger partial charge in [-0.2, -0.15) is 0 Å². The molecule has 0 radical (unpaired) electrons. The molecule has 4 nitrogen and oxygen atoms in total. The molecule has 1 fully saturated rings. The third-order valence-corrected chi connectivity index (χ3v) is 1.95. The fourth-order valence-electron chi connectivity index (χ4n) is 1.35. The van der Waals surface area contributed by atoms with E-state index in [9.17, 15) is 18.4 Å². The topological polar surface area (TPSA) is 49.4 Å². The molecule has 0 saturated carbocycles. The third-order valence-electron chi connectivity index (χ3n) is 1.95. The second kappa shape index (κ2) is 3.30. The van der Waals surface area contributed by atoms with Crippen LogP contribution in [0.5, 0.6) is 0 Å². The van der Waals surface area contributed by atoms with Crippen LogP contribution in [0.25, 0.3) is 0 Å². The van der Waals surface area contributed by atoms with Crippen molar-refractivity contribution in [1.29, 1.82) is 0 Å². The highest BCUT2D eigenvalue weighted by atomic mass is 19.1. The summed E-state index contributed by atoms with van der Waals surface area (Å²) in [4.78, 5) is 23.0. The Morgan fingerprint density at radius 2 is 1.73 bits per heavy atom. The van der Waals surface area contributed by atoms with E-state index in [4.69, 9.17) is 0 Å². The fraction of sp³-hybridized carbons (Fsp3) is 0.111. The second-order valence-electron chi connectivity index (χ2n) is 3.07. The number of rotatable bonds is 1. The summed E-state index contributed by atoms with van der Waals surface area (Å²) >= 11 is 0. The van der Waals surface area contributed by atoms with Gasteiger partial charge in [-0.05, 0) is 12.1 Å². The summed E-state index contributed by atoms with van der Waals surface area (Å²) in [6.45, 7) is -0.221. The standard InChI is InChI=1S/C9H6F2N2O2/c10-5-1-6(11)3-7(2-5)13-4-8(14)12-9(13)15/h1-3H,4H2,(H,12,14,15). The van der Waals surface area contributed by atoms with Gasteiger partial charge in [-0.15, -0.1) is 0 Å². The molecule has 1 aromatic rings. The van der Waals surface area contributed by atoms with E-state index in [2.05, 4.69) is 0 Å². The van der Waals surface area contributed by atoms with Crippen molar-refractivity contribution in [1.82, 2.24) is 5.32 Å². The number of imide groups is 1. The Morgan fingerprint density at radius 3 is 2.20 bits per heavy atom. The highest BCUT2D eigenvalue weighted by molar-refractivity contribution is 6.12. The Labute approximate surface area is 83.5 Å². The number of halogens is 2. The zero-order valence-electron chi connectivity index (χ0n) is 7.46. The first-order valence-electron chi connectivity index (χ1n) is 4.14. The van der Waals surface area contributed by atoms with E-state index in [1.54, 1.807) is 0 Å². The molecule has 15 heavy (non-hydrogen) atoms. The molecule has 1 saturated heterocycles. The molecule has 0 aliphatic carbocycles. The van der Waals surface area contributed by atoms with Gasteiger partial charge in [0.1, 0.15) is 18.2 Å². The largest absolute Gasteiger partial charge is 0.329 e. The summed E-state index contributed by atoms with van der Waals surface area (Å²) in [5, 5.41) is 2.01. The van der Waals surface area contributed by atoms with Crippen LogP contribution in [-0.2, 0) is 4.79 Å². The average Bonchev–Trinajstić information content (AvgIpc) is 2.43. The highest BCUT2D eigenvalue weighted by Crippen LogP contribution is 2.19. The molecule has 0 bridgehead atoms. The van der Waals surface area contributed by atoms with E-state index in [1.165, 1.54) is 0 Å². The molecule has 3 amide bonds. The first kappa shape index (κ1) is 9.57. The van der Waals surface area contributed by atoms with Crippen molar-refractivity contribution in [2.24, 2.45) is 0 Å². The van der Waals surface area contributed by atoms with E-state index in [0.29, 0.717) is 6.07 Å². The summed E-state index contributed by atoms with van der Waals surface area (Å²) in [5.41, 5.74) is 0.0239. The zero-order chi connectivity index (χ0) is 11.0. The first-order valence-corrected chi connectivity index (χ1v) is 4.14. The van der Waals surface area contributed by atoms with Crippen LogP contribution in [0.4, 0.5) is 19.3 Å². The quantitative estimate of drug-likeness (QED) is 0.706. The van der Waals surface area contributed by atoms with Gasteiger partial charge in [0.2, 0.25) is 5.91 Å². The van der Waals surface area contributed by atoms with Gasteiger partial charge in [-0.25, -0.2) is 13.6 Å². The summed E-state index contributed by atoms with van der Waals surface area (Å²) in [7, 11) is 0. The Hall–Kier alpha value is -1.98. The van der Waals surface area contributed by atoms with E-state index in [-0.39, 0.29) is 12.2 Å². The van der Waals surface area contributed by atoms with Crippen LogP contribution in [0.1, 0.15) is 0 Å². The molecule has 1 N–H and O–H groups in total. The SMILES string of the molecule is O=C1CN(c2cc(F)cc(F)c2)C(=O)N1. The molecule has 0 spiro atoms. The number of nitrogens with one attached hydrogen (secondary N) is 1. The fourth-order valence-corrected chi connectivity index (χ4v) is 1.35. The number of benzene rings is 1. The van der Waals surface area contributed by atoms with Gasteiger partial charge >= 0.3 is 6.03 Å². The predicted octanol–water partition coefficient (Wildman–Crippen LogP) is 1.02. The number of nitrogens with zero attached hydrogens (tertiary/aromatic N) is 1. The second-order valence-corrected chi connectivity index (χ2v) is 3.07. The summed E-state index contributed by atoms with van der Waals surface area (Å²) in [5.74, 6) is -2.08. The molecule has 6 heteroatoms. The van der Waals surface area contributed by atoms with Crippen LogP contribution in [0.15, 0.2) is 18.2 Å². The molecule has 1 aliphatic heterocycles. The lowest BCUT2D eigenvalue weighted by Gasteiger charge is -2.12. The van der Waals surface area contributed by atoms with Crippen molar-refractivity contribution >= 4 is 17.6 Å². The maximum Gasteiger partial charge on any atom is 0.329 e. The minimum Gasteiger partial charge on any atom is -0.285 e. The minimum atomic E-state index is -0.794. The van der Waals surface area contributed by atoms with Crippen LogP contribution >= 0.6 is 0 Å². The lowest BCUT2D eigenvalue weighted by atomic mass is 10.3. The van der Waals surface area contributed by atoms with Gasteiger partial charge in [-0.3, -0.25) is 15.0 Å². The molecule has 2 rings (SSSR count). The molecular weight excluding hydrogens is 206 g/mol. The van der Waals surface area contributed by atoms with Crippen LogP contribution in [0, 0.1) is 11.6 Å². The number of hydrogen-bond acceptors (Lipinski definition) is 2.